The van der Waals surface area contributed by atoms with E-state index in [1.807, 2.05) is 30.3 Å². The Kier molecular flexibility index (Phi) is 5.54. The van der Waals surface area contributed by atoms with Gasteiger partial charge in [-0.1, -0.05) is 30.3 Å². The molecule has 1 fully saturated rings. The Hall–Kier alpha value is -3.16. The third-order valence-corrected chi connectivity index (χ3v) is 4.62. The number of halogens is 1. The van der Waals surface area contributed by atoms with E-state index < -0.39 is 10.7 Å². The number of nitro groups is 1. The Morgan fingerprint density at radius 3 is 2.44 bits per heavy atom. The van der Waals surface area contributed by atoms with Gasteiger partial charge in [-0.25, -0.2) is 4.39 Å². The number of ether oxygens (including phenoxy) is 1. The molecule has 7 nitrogen and oxygen atoms in total. The van der Waals surface area contributed by atoms with Crippen LogP contribution >= 0.6 is 0 Å². The van der Waals surface area contributed by atoms with Gasteiger partial charge in [0.1, 0.15) is 5.69 Å². The molecule has 0 aromatic heterocycles. The predicted octanol–water partition coefficient (Wildman–Crippen LogP) is 2.63. The number of hydrogen-bond acceptors (Lipinski definition) is 5. The van der Waals surface area contributed by atoms with E-state index >= 15 is 0 Å². The summed E-state index contributed by atoms with van der Waals surface area (Å²) in [5.74, 6) is -0.796. The van der Waals surface area contributed by atoms with Crippen molar-refractivity contribution in [3.05, 3.63) is 64.0 Å². The number of methoxy groups -OCH3 is 1. The molecule has 0 N–H and O–H groups in total. The highest BCUT2D eigenvalue weighted by Crippen LogP contribution is 2.35. The average molecular weight is 373 g/mol. The van der Waals surface area contributed by atoms with Crippen molar-refractivity contribution < 1.29 is 18.8 Å². The highest BCUT2D eigenvalue weighted by Gasteiger charge is 2.27. The maximum absolute atomic E-state index is 13.8. The fraction of sp³-hybridized carbons (Fsp3) is 0.316. The van der Waals surface area contributed by atoms with Crippen LogP contribution in [0.4, 0.5) is 15.8 Å². The maximum Gasteiger partial charge on any atom is 0.295 e. The minimum Gasteiger partial charge on any atom is -0.494 e. The molecule has 27 heavy (non-hydrogen) atoms. The van der Waals surface area contributed by atoms with Crippen LogP contribution in [0.15, 0.2) is 42.5 Å². The van der Waals surface area contributed by atoms with Crippen LogP contribution in [0, 0.1) is 15.9 Å². The first-order chi connectivity index (χ1) is 13.0. The van der Waals surface area contributed by atoms with Gasteiger partial charge in [-0.05, 0) is 5.56 Å². The lowest BCUT2D eigenvalue weighted by Crippen LogP contribution is -2.49. The van der Waals surface area contributed by atoms with E-state index in [0.29, 0.717) is 38.3 Å². The minimum absolute atomic E-state index is 0.0204. The normalized spacial score (nSPS) is 14.1. The van der Waals surface area contributed by atoms with Gasteiger partial charge in [0.25, 0.3) is 5.69 Å². The van der Waals surface area contributed by atoms with Gasteiger partial charge >= 0.3 is 0 Å². The summed E-state index contributed by atoms with van der Waals surface area (Å²) in [6.07, 6.45) is 0.325. The van der Waals surface area contributed by atoms with Crippen molar-refractivity contribution >= 4 is 17.3 Å². The molecule has 142 valence electrons. The third kappa shape index (κ3) is 4.16. The topological polar surface area (TPSA) is 75.9 Å². The van der Waals surface area contributed by atoms with Crippen LogP contribution in [-0.2, 0) is 11.2 Å². The number of benzene rings is 2. The Bertz CT molecular complexity index is 836. The molecule has 2 aromatic rings. The molecule has 0 unspecified atom stereocenters. The lowest BCUT2D eigenvalue weighted by molar-refractivity contribution is -0.384. The lowest BCUT2D eigenvalue weighted by atomic mass is 10.1. The number of carbonyl (C=O) groups is 1. The number of piperazine rings is 1. The van der Waals surface area contributed by atoms with E-state index in [9.17, 15) is 19.3 Å². The molecule has 2 aromatic carbocycles. The van der Waals surface area contributed by atoms with E-state index in [-0.39, 0.29) is 17.3 Å². The first kappa shape index (κ1) is 18.6. The standard InChI is InChI=1S/C19H20FN3O4/c1-27-18-13-16(17(23(25)26)12-15(18)20)21-7-9-22(10-8-21)19(24)11-14-5-3-2-4-6-14/h2-6,12-13H,7-11H2,1H3. The fourth-order valence-corrected chi connectivity index (χ4v) is 3.17. The number of amides is 1. The van der Waals surface area contributed by atoms with E-state index in [2.05, 4.69) is 0 Å². The van der Waals surface area contributed by atoms with Crippen molar-refractivity contribution in [3.63, 3.8) is 0 Å². The number of rotatable bonds is 5. The summed E-state index contributed by atoms with van der Waals surface area (Å²) in [5, 5.41) is 11.3. The summed E-state index contributed by atoms with van der Waals surface area (Å²) < 4.78 is 18.8. The van der Waals surface area contributed by atoms with Crippen LogP contribution in [0.1, 0.15) is 5.56 Å². The summed E-state index contributed by atoms with van der Waals surface area (Å²) in [4.78, 5) is 26.7. The van der Waals surface area contributed by atoms with Crippen molar-refractivity contribution in [2.24, 2.45) is 0 Å². The zero-order valence-corrected chi connectivity index (χ0v) is 14.9. The van der Waals surface area contributed by atoms with Gasteiger partial charge in [-0.15, -0.1) is 0 Å². The zero-order chi connectivity index (χ0) is 19.4. The van der Waals surface area contributed by atoms with Crippen molar-refractivity contribution in [1.29, 1.82) is 0 Å². The van der Waals surface area contributed by atoms with Gasteiger partial charge in [0.15, 0.2) is 11.6 Å². The van der Waals surface area contributed by atoms with Crippen molar-refractivity contribution in [1.82, 2.24) is 4.90 Å². The molecule has 1 heterocycles. The van der Waals surface area contributed by atoms with Gasteiger partial charge in [-0.2, -0.15) is 0 Å². The van der Waals surface area contributed by atoms with Gasteiger partial charge < -0.3 is 14.5 Å². The summed E-state index contributed by atoms with van der Waals surface area (Å²) in [7, 11) is 1.31. The Labute approximate surface area is 156 Å². The second kappa shape index (κ2) is 8.03. The summed E-state index contributed by atoms with van der Waals surface area (Å²) in [6.45, 7) is 1.75. The maximum atomic E-state index is 13.8. The predicted molar refractivity (Wildman–Crippen MR) is 98.5 cm³/mol. The third-order valence-electron chi connectivity index (χ3n) is 4.62. The van der Waals surface area contributed by atoms with Crippen LogP contribution in [0.25, 0.3) is 0 Å². The number of nitro benzene ring substituents is 1. The van der Waals surface area contributed by atoms with Gasteiger partial charge in [0, 0.05) is 32.2 Å². The summed E-state index contributed by atoms with van der Waals surface area (Å²) in [6, 6.07) is 11.7. The van der Waals surface area contributed by atoms with Crippen LogP contribution in [0.5, 0.6) is 5.75 Å². The second-order valence-electron chi connectivity index (χ2n) is 6.26. The Balaban J connectivity index is 1.70. The van der Waals surface area contributed by atoms with E-state index in [0.717, 1.165) is 11.6 Å². The van der Waals surface area contributed by atoms with E-state index in [1.54, 1.807) is 9.80 Å². The Morgan fingerprint density at radius 2 is 1.85 bits per heavy atom. The quantitative estimate of drug-likeness (QED) is 0.595. The van der Waals surface area contributed by atoms with E-state index in [4.69, 9.17) is 4.74 Å². The molecule has 0 atom stereocenters. The molecule has 1 aliphatic heterocycles. The molecule has 0 radical (unpaired) electrons. The zero-order valence-electron chi connectivity index (χ0n) is 14.9. The number of nitrogens with zero attached hydrogens (tertiary/aromatic N) is 3. The summed E-state index contributed by atoms with van der Waals surface area (Å²) in [5.41, 5.74) is 0.939. The van der Waals surface area contributed by atoms with Gasteiger partial charge in [0.05, 0.1) is 24.5 Å². The molecule has 1 saturated heterocycles. The smallest absolute Gasteiger partial charge is 0.295 e. The largest absolute Gasteiger partial charge is 0.494 e. The molecule has 0 aliphatic carbocycles. The number of carbonyl (C=O) groups excluding carboxylic acids is 1. The lowest BCUT2D eigenvalue weighted by Gasteiger charge is -2.36. The molecule has 1 aliphatic rings. The monoisotopic (exact) mass is 373 g/mol. The first-order valence-corrected chi connectivity index (χ1v) is 8.58. The number of anilines is 1. The molecule has 1 amide bonds. The SMILES string of the molecule is COc1cc(N2CCN(C(=O)Cc3ccccc3)CC2)c([N+](=O)[O-])cc1F. The molecule has 0 bridgehead atoms. The second-order valence-corrected chi connectivity index (χ2v) is 6.26. The van der Waals surface area contributed by atoms with Crippen LogP contribution in [0.2, 0.25) is 0 Å². The molecule has 0 spiro atoms. The van der Waals surface area contributed by atoms with Crippen molar-refractivity contribution in [3.8, 4) is 5.75 Å². The fourth-order valence-electron chi connectivity index (χ4n) is 3.17. The molecular weight excluding hydrogens is 353 g/mol. The van der Waals surface area contributed by atoms with Gasteiger partial charge in [0.2, 0.25) is 5.91 Å². The van der Waals surface area contributed by atoms with Gasteiger partial charge in [-0.3, -0.25) is 14.9 Å². The minimum atomic E-state index is -0.773. The molecule has 0 saturated carbocycles. The first-order valence-electron chi connectivity index (χ1n) is 8.58. The molecule has 3 rings (SSSR count). The molecule has 8 heteroatoms. The van der Waals surface area contributed by atoms with Crippen LogP contribution < -0.4 is 9.64 Å². The van der Waals surface area contributed by atoms with Crippen LogP contribution in [-0.4, -0.2) is 49.0 Å². The summed E-state index contributed by atoms with van der Waals surface area (Å²) >= 11 is 0. The highest BCUT2D eigenvalue weighted by atomic mass is 19.1. The van der Waals surface area contributed by atoms with Crippen LogP contribution in [0.3, 0.4) is 0 Å². The Morgan fingerprint density at radius 1 is 1.19 bits per heavy atom. The number of hydrogen-bond donors (Lipinski definition) is 0. The van der Waals surface area contributed by atoms with Crippen molar-refractivity contribution in [2.75, 3.05) is 38.2 Å². The average Bonchev–Trinajstić information content (AvgIpc) is 2.68. The highest BCUT2D eigenvalue weighted by molar-refractivity contribution is 5.79. The van der Waals surface area contributed by atoms with E-state index in [1.165, 1.54) is 13.2 Å². The van der Waals surface area contributed by atoms with Crippen molar-refractivity contribution in [2.45, 2.75) is 6.42 Å². The molecular formula is C19H20FN3O4.